The van der Waals surface area contributed by atoms with Gasteiger partial charge in [-0.25, -0.2) is 9.97 Å². The number of carbonyl (C=O) groups is 1. The Balaban J connectivity index is 1.76. The number of aromatic nitrogens is 2. The second kappa shape index (κ2) is 4.73. The Kier molecular flexibility index (Phi) is 3.06. The molecule has 2 aromatic rings. The summed E-state index contributed by atoms with van der Waals surface area (Å²) in [6.07, 6.45) is 3.43. The van der Waals surface area contributed by atoms with Gasteiger partial charge in [-0.15, -0.1) is 0 Å². The number of nitrogens with one attached hydrogen (secondary N) is 1. The number of hydrogen-bond acceptors (Lipinski definition) is 4. The summed E-state index contributed by atoms with van der Waals surface area (Å²) in [6, 6.07) is 2.59. The second-order valence-corrected chi connectivity index (χ2v) is 5.02. The molecule has 0 spiro atoms. The van der Waals surface area contributed by atoms with Crippen LogP contribution in [0.2, 0.25) is 0 Å². The lowest BCUT2D eigenvalue weighted by molar-refractivity contribution is 0.102. The molecule has 2 heterocycles. The monoisotopic (exact) mass is 325 g/mol. The number of rotatable bonds is 3. The van der Waals surface area contributed by atoms with Gasteiger partial charge in [-0.05, 0) is 40.9 Å². The van der Waals surface area contributed by atoms with Gasteiger partial charge < -0.3 is 9.73 Å². The molecular weight excluding hydrogens is 317 g/mol. The van der Waals surface area contributed by atoms with Gasteiger partial charge in [-0.1, -0.05) is 0 Å². The summed E-state index contributed by atoms with van der Waals surface area (Å²) in [5.74, 6) is -0.0886. The van der Waals surface area contributed by atoms with Crippen LogP contribution in [0.3, 0.4) is 0 Å². The summed E-state index contributed by atoms with van der Waals surface area (Å²) in [4.78, 5) is 19.6. The largest absolute Gasteiger partial charge is 0.448 e. The molecule has 3 rings (SSSR count). The minimum Gasteiger partial charge on any atom is -0.448 e. The van der Waals surface area contributed by atoms with E-state index in [1.165, 1.54) is 18.4 Å². The minimum atomic E-state index is -0.623. The van der Waals surface area contributed by atoms with Crippen molar-refractivity contribution in [2.45, 2.75) is 18.8 Å². The Morgan fingerprint density at radius 1 is 1.42 bits per heavy atom. The Hall–Kier alpha value is -1.76. The van der Waals surface area contributed by atoms with Crippen LogP contribution < -0.4 is 5.32 Å². The normalized spacial score (nSPS) is 14.4. The maximum absolute atomic E-state index is 12.8. The van der Waals surface area contributed by atoms with Crippen molar-refractivity contribution in [1.82, 2.24) is 9.97 Å². The van der Waals surface area contributed by atoms with Gasteiger partial charge in [0.1, 0.15) is 10.9 Å². The van der Waals surface area contributed by atoms with E-state index in [9.17, 15) is 9.18 Å². The van der Waals surface area contributed by atoms with Crippen LogP contribution in [0, 0.1) is 5.95 Å². The molecule has 5 nitrogen and oxygen atoms in total. The highest BCUT2D eigenvalue weighted by Crippen LogP contribution is 2.39. The predicted molar refractivity (Wildman–Crippen MR) is 68.3 cm³/mol. The molecular formula is C12H9BrFN3O2. The SMILES string of the molecule is O=C(Nc1ccc(F)nc1Br)c1coc(C2CC2)n1. The first-order chi connectivity index (χ1) is 9.13. The van der Waals surface area contributed by atoms with Crippen molar-refractivity contribution in [2.75, 3.05) is 5.32 Å². The van der Waals surface area contributed by atoms with Gasteiger partial charge in [0.2, 0.25) is 5.95 Å². The van der Waals surface area contributed by atoms with E-state index in [1.54, 1.807) is 0 Å². The molecule has 1 aliphatic rings. The lowest BCUT2D eigenvalue weighted by Gasteiger charge is -2.04. The molecule has 0 unspecified atom stereocenters. The standard InChI is InChI=1S/C12H9BrFN3O2/c13-10-7(3-4-9(14)17-10)15-11(18)8-5-19-12(16-8)6-1-2-6/h3-6H,1-2H2,(H,15,18). The highest BCUT2D eigenvalue weighted by molar-refractivity contribution is 9.10. The Morgan fingerprint density at radius 3 is 2.89 bits per heavy atom. The van der Waals surface area contributed by atoms with Crippen LogP contribution in [0.5, 0.6) is 0 Å². The molecule has 1 aliphatic carbocycles. The fraction of sp³-hybridized carbons (Fsp3) is 0.250. The summed E-state index contributed by atoms with van der Waals surface area (Å²) in [5.41, 5.74) is 0.584. The van der Waals surface area contributed by atoms with Crippen molar-refractivity contribution >= 4 is 27.5 Å². The molecule has 1 saturated carbocycles. The lowest BCUT2D eigenvalue weighted by Crippen LogP contribution is -2.13. The molecule has 0 atom stereocenters. The van der Waals surface area contributed by atoms with Crippen LogP contribution >= 0.6 is 15.9 Å². The summed E-state index contributed by atoms with van der Waals surface area (Å²) in [6.45, 7) is 0. The number of hydrogen-bond donors (Lipinski definition) is 1. The number of nitrogens with zero attached hydrogens (tertiary/aromatic N) is 2. The van der Waals surface area contributed by atoms with Crippen molar-refractivity contribution < 1.29 is 13.6 Å². The lowest BCUT2D eigenvalue weighted by atomic mass is 10.3. The highest BCUT2D eigenvalue weighted by Gasteiger charge is 2.29. The van der Waals surface area contributed by atoms with Gasteiger partial charge in [0.25, 0.3) is 5.91 Å². The van der Waals surface area contributed by atoms with E-state index in [0.29, 0.717) is 17.5 Å². The average Bonchev–Trinajstić information content (AvgIpc) is 3.10. The number of anilines is 1. The zero-order chi connectivity index (χ0) is 13.4. The number of oxazole rings is 1. The summed E-state index contributed by atoms with van der Waals surface area (Å²) >= 11 is 3.08. The van der Waals surface area contributed by atoms with Crippen LogP contribution in [0.25, 0.3) is 0 Å². The quantitative estimate of drug-likeness (QED) is 0.880. The Labute approximate surface area is 116 Å². The Bertz CT molecular complexity index is 640. The zero-order valence-corrected chi connectivity index (χ0v) is 11.3. The topological polar surface area (TPSA) is 68.0 Å². The molecule has 0 bridgehead atoms. The van der Waals surface area contributed by atoms with Crippen LogP contribution in [0.1, 0.15) is 35.1 Å². The van der Waals surface area contributed by atoms with E-state index in [1.807, 2.05) is 0 Å². The third-order valence-electron chi connectivity index (χ3n) is 2.74. The first kappa shape index (κ1) is 12.3. The molecule has 0 aliphatic heterocycles. The number of halogens is 2. The first-order valence-corrected chi connectivity index (χ1v) is 6.51. The molecule has 0 saturated heterocycles. The van der Waals surface area contributed by atoms with Gasteiger partial charge in [0, 0.05) is 5.92 Å². The third kappa shape index (κ3) is 2.65. The maximum atomic E-state index is 12.8. The number of amides is 1. The van der Waals surface area contributed by atoms with E-state index < -0.39 is 11.9 Å². The summed E-state index contributed by atoms with van der Waals surface area (Å²) in [7, 11) is 0. The molecule has 98 valence electrons. The van der Waals surface area contributed by atoms with Crippen LogP contribution in [0.15, 0.2) is 27.4 Å². The second-order valence-electron chi connectivity index (χ2n) is 4.27. The van der Waals surface area contributed by atoms with Gasteiger partial charge in [-0.2, -0.15) is 4.39 Å². The molecule has 7 heteroatoms. The van der Waals surface area contributed by atoms with Crippen molar-refractivity contribution in [3.63, 3.8) is 0 Å². The van der Waals surface area contributed by atoms with E-state index in [2.05, 4.69) is 31.2 Å². The number of carbonyl (C=O) groups excluding carboxylic acids is 1. The van der Waals surface area contributed by atoms with Crippen molar-refractivity contribution in [1.29, 1.82) is 0 Å². The van der Waals surface area contributed by atoms with Gasteiger partial charge in [-0.3, -0.25) is 4.79 Å². The predicted octanol–water partition coefficient (Wildman–Crippen LogP) is 3.10. The van der Waals surface area contributed by atoms with Crippen LogP contribution in [0.4, 0.5) is 10.1 Å². The summed E-state index contributed by atoms with van der Waals surface area (Å²) in [5, 5.41) is 2.59. The Morgan fingerprint density at radius 2 is 2.21 bits per heavy atom. The maximum Gasteiger partial charge on any atom is 0.277 e. The third-order valence-corrected chi connectivity index (χ3v) is 3.35. The molecule has 2 aromatic heterocycles. The highest BCUT2D eigenvalue weighted by atomic mass is 79.9. The van der Waals surface area contributed by atoms with Crippen molar-refractivity contribution in [3.05, 3.63) is 40.5 Å². The van der Waals surface area contributed by atoms with E-state index in [0.717, 1.165) is 12.8 Å². The minimum absolute atomic E-state index is 0.207. The molecule has 0 radical (unpaired) electrons. The van der Waals surface area contributed by atoms with E-state index in [4.69, 9.17) is 4.42 Å². The van der Waals surface area contributed by atoms with E-state index >= 15 is 0 Å². The van der Waals surface area contributed by atoms with Gasteiger partial charge in [0.05, 0.1) is 5.69 Å². The van der Waals surface area contributed by atoms with Crippen molar-refractivity contribution in [2.24, 2.45) is 0 Å². The van der Waals surface area contributed by atoms with Crippen molar-refractivity contribution in [3.8, 4) is 0 Å². The van der Waals surface area contributed by atoms with Gasteiger partial charge in [0.15, 0.2) is 11.6 Å². The molecule has 1 amide bonds. The van der Waals surface area contributed by atoms with Crippen LogP contribution in [-0.4, -0.2) is 15.9 Å². The molecule has 1 fully saturated rings. The molecule has 19 heavy (non-hydrogen) atoms. The van der Waals surface area contributed by atoms with Crippen LogP contribution in [-0.2, 0) is 0 Å². The van der Waals surface area contributed by atoms with E-state index in [-0.39, 0.29) is 10.3 Å². The molecule has 0 aromatic carbocycles. The average molecular weight is 326 g/mol. The molecule has 1 N–H and O–H groups in total. The number of pyridine rings is 1. The van der Waals surface area contributed by atoms with Gasteiger partial charge >= 0.3 is 0 Å². The summed E-state index contributed by atoms with van der Waals surface area (Å²) < 4.78 is 18.3. The zero-order valence-electron chi connectivity index (χ0n) is 9.69. The fourth-order valence-corrected chi connectivity index (χ4v) is 2.00. The first-order valence-electron chi connectivity index (χ1n) is 5.72. The smallest absolute Gasteiger partial charge is 0.277 e. The fourth-order valence-electron chi connectivity index (χ4n) is 1.60.